The molecule has 3 aliphatic rings. The molecule has 3 saturated heterocycles. The molecule has 4 heterocycles. The predicted molar refractivity (Wildman–Crippen MR) is 90.1 cm³/mol. The van der Waals surface area contributed by atoms with Gasteiger partial charge in [-0.3, -0.25) is 9.59 Å². The quantitative estimate of drug-likeness (QED) is 0.799. The number of amides is 2. The highest BCUT2D eigenvalue weighted by molar-refractivity contribution is 5.93. The molecular formula is C18H25N3O4. The van der Waals surface area contributed by atoms with Gasteiger partial charge in [-0.2, -0.15) is 0 Å². The number of morpholine rings is 1. The second-order valence-electron chi connectivity index (χ2n) is 7.43. The van der Waals surface area contributed by atoms with Gasteiger partial charge in [0.2, 0.25) is 5.91 Å². The zero-order chi connectivity index (χ0) is 17.4. The highest BCUT2D eigenvalue weighted by Crippen LogP contribution is 2.39. The van der Waals surface area contributed by atoms with Crippen molar-refractivity contribution in [3.05, 3.63) is 24.0 Å². The highest BCUT2D eigenvalue weighted by atomic mass is 16.5. The van der Waals surface area contributed by atoms with Crippen molar-refractivity contribution in [2.45, 2.75) is 18.4 Å². The molecule has 3 aliphatic heterocycles. The molecule has 1 spiro atoms. The van der Waals surface area contributed by atoms with Crippen LogP contribution in [0.3, 0.4) is 0 Å². The molecule has 0 N–H and O–H groups in total. The number of carbonyl (C=O) groups is 2. The summed E-state index contributed by atoms with van der Waals surface area (Å²) in [7, 11) is 1.88. The van der Waals surface area contributed by atoms with Crippen LogP contribution in [0.4, 0.5) is 0 Å². The standard InChI is InChI=1S/C18H25N3O4/c1-19-4-2-3-15(19)17(23)21-12-18(13-21)10-14(11-25-18)9-16(22)20-5-7-24-8-6-20/h2-4,14H,5-13H2,1H3. The van der Waals surface area contributed by atoms with Crippen LogP contribution in [-0.4, -0.2) is 77.8 Å². The molecule has 0 aromatic carbocycles. The summed E-state index contributed by atoms with van der Waals surface area (Å²) in [6, 6.07) is 3.72. The number of aromatic nitrogens is 1. The molecule has 1 aromatic heterocycles. The molecule has 2 amide bonds. The molecule has 1 aromatic rings. The van der Waals surface area contributed by atoms with Gasteiger partial charge < -0.3 is 23.8 Å². The first kappa shape index (κ1) is 16.6. The fourth-order valence-corrected chi connectivity index (χ4v) is 4.12. The average molecular weight is 347 g/mol. The van der Waals surface area contributed by atoms with Gasteiger partial charge in [0.15, 0.2) is 0 Å². The van der Waals surface area contributed by atoms with Gasteiger partial charge in [0.1, 0.15) is 11.3 Å². The van der Waals surface area contributed by atoms with Gasteiger partial charge in [-0.15, -0.1) is 0 Å². The van der Waals surface area contributed by atoms with Crippen molar-refractivity contribution < 1.29 is 19.1 Å². The maximum Gasteiger partial charge on any atom is 0.270 e. The van der Waals surface area contributed by atoms with E-state index in [-0.39, 0.29) is 23.3 Å². The maximum atomic E-state index is 12.5. The van der Waals surface area contributed by atoms with E-state index >= 15 is 0 Å². The molecular weight excluding hydrogens is 322 g/mol. The minimum Gasteiger partial charge on any atom is -0.378 e. The summed E-state index contributed by atoms with van der Waals surface area (Å²) in [4.78, 5) is 28.6. The normalized spacial score (nSPS) is 25.2. The number of carbonyl (C=O) groups excluding carboxylic acids is 2. The van der Waals surface area contributed by atoms with Gasteiger partial charge in [0.05, 0.1) is 32.9 Å². The fraction of sp³-hybridized carbons (Fsp3) is 0.667. The lowest BCUT2D eigenvalue weighted by atomic mass is 9.85. The summed E-state index contributed by atoms with van der Waals surface area (Å²) in [5, 5.41) is 0. The Hall–Kier alpha value is -1.86. The average Bonchev–Trinajstić information content (AvgIpc) is 3.20. The van der Waals surface area contributed by atoms with Crippen LogP contribution >= 0.6 is 0 Å². The lowest BCUT2D eigenvalue weighted by molar-refractivity contribution is -0.136. The monoisotopic (exact) mass is 347 g/mol. The van der Waals surface area contributed by atoms with E-state index in [1.165, 1.54) is 0 Å². The smallest absolute Gasteiger partial charge is 0.270 e. The second kappa shape index (κ2) is 6.46. The van der Waals surface area contributed by atoms with Gasteiger partial charge in [0.25, 0.3) is 5.91 Å². The number of hydrogen-bond donors (Lipinski definition) is 0. The molecule has 7 nitrogen and oxygen atoms in total. The van der Waals surface area contributed by atoms with Crippen LogP contribution in [-0.2, 0) is 21.3 Å². The molecule has 1 unspecified atom stereocenters. The number of hydrogen-bond acceptors (Lipinski definition) is 4. The zero-order valence-electron chi connectivity index (χ0n) is 14.6. The zero-order valence-corrected chi connectivity index (χ0v) is 14.6. The minimum absolute atomic E-state index is 0.0505. The Labute approximate surface area is 147 Å². The summed E-state index contributed by atoms with van der Waals surface area (Å²) < 4.78 is 13.1. The molecule has 0 radical (unpaired) electrons. The van der Waals surface area contributed by atoms with Crippen LogP contribution in [0.15, 0.2) is 18.3 Å². The third kappa shape index (κ3) is 3.18. The van der Waals surface area contributed by atoms with Crippen molar-refractivity contribution in [3.63, 3.8) is 0 Å². The summed E-state index contributed by atoms with van der Waals surface area (Å²) in [5.74, 6) is 0.502. The lowest BCUT2D eigenvalue weighted by Gasteiger charge is -2.47. The van der Waals surface area contributed by atoms with Gasteiger partial charge >= 0.3 is 0 Å². The van der Waals surface area contributed by atoms with Crippen LogP contribution in [0.5, 0.6) is 0 Å². The van der Waals surface area contributed by atoms with Crippen molar-refractivity contribution >= 4 is 11.8 Å². The van der Waals surface area contributed by atoms with E-state index in [4.69, 9.17) is 9.47 Å². The van der Waals surface area contributed by atoms with Crippen molar-refractivity contribution in [1.82, 2.24) is 14.4 Å². The van der Waals surface area contributed by atoms with Gasteiger partial charge in [-0.1, -0.05) is 0 Å². The Morgan fingerprint density at radius 2 is 2.00 bits per heavy atom. The van der Waals surface area contributed by atoms with Gasteiger partial charge in [0, 0.05) is 32.8 Å². The fourth-order valence-electron chi connectivity index (χ4n) is 4.12. The van der Waals surface area contributed by atoms with Gasteiger partial charge in [-0.25, -0.2) is 0 Å². The Kier molecular flexibility index (Phi) is 4.29. The summed E-state index contributed by atoms with van der Waals surface area (Å²) in [6.45, 7) is 4.51. The number of likely N-dealkylation sites (tertiary alicyclic amines) is 1. The molecule has 0 saturated carbocycles. The Morgan fingerprint density at radius 1 is 1.24 bits per heavy atom. The molecule has 0 aliphatic carbocycles. The number of nitrogens with zero attached hydrogens (tertiary/aromatic N) is 3. The largest absolute Gasteiger partial charge is 0.378 e. The van der Waals surface area contributed by atoms with Crippen LogP contribution in [0.2, 0.25) is 0 Å². The van der Waals surface area contributed by atoms with E-state index in [0.717, 1.165) is 6.42 Å². The molecule has 1 atom stereocenters. The third-order valence-electron chi connectivity index (χ3n) is 5.52. The van der Waals surface area contributed by atoms with E-state index in [0.29, 0.717) is 58.1 Å². The second-order valence-corrected chi connectivity index (χ2v) is 7.43. The number of aryl methyl sites for hydroxylation is 1. The Bertz CT molecular complexity index is 659. The van der Waals surface area contributed by atoms with Crippen molar-refractivity contribution in [3.8, 4) is 0 Å². The van der Waals surface area contributed by atoms with Crippen LogP contribution < -0.4 is 0 Å². The maximum absolute atomic E-state index is 12.5. The molecule has 7 heteroatoms. The Morgan fingerprint density at radius 3 is 2.68 bits per heavy atom. The highest BCUT2D eigenvalue weighted by Gasteiger charge is 2.51. The SMILES string of the molecule is Cn1cccc1C(=O)N1CC2(CC(CC(=O)N3CCOCC3)CO2)C1. The number of rotatable bonds is 3. The van der Waals surface area contributed by atoms with E-state index in [2.05, 4.69) is 0 Å². The minimum atomic E-state index is -0.239. The predicted octanol–water partition coefficient (Wildman–Crippen LogP) is 0.505. The summed E-state index contributed by atoms with van der Waals surface area (Å²) >= 11 is 0. The van der Waals surface area contributed by atoms with E-state index in [1.54, 1.807) is 0 Å². The first-order valence-corrected chi connectivity index (χ1v) is 8.96. The topological polar surface area (TPSA) is 64.0 Å². The van der Waals surface area contributed by atoms with Crippen LogP contribution in [0, 0.1) is 5.92 Å². The molecule has 25 heavy (non-hydrogen) atoms. The van der Waals surface area contributed by atoms with Crippen molar-refractivity contribution in [2.75, 3.05) is 46.0 Å². The van der Waals surface area contributed by atoms with Crippen molar-refractivity contribution in [1.29, 1.82) is 0 Å². The van der Waals surface area contributed by atoms with Crippen LogP contribution in [0.1, 0.15) is 23.3 Å². The number of ether oxygens (including phenoxy) is 2. The first-order chi connectivity index (χ1) is 12.1. The van der Waals surface area contributed by atoms with E-state index < -0.39 is 0 Å². The molecule has 0 bridgehead atoms. The van der Waals surface area contributed by atoms with Crippen molar-refractivity contribution in [2.24, 2.45) is 13.0 Å². The molecule has 4 rings (SSSR count). The lowest BCUT2D eigenvalue weighted by Crippen LogP contribution is -2.63. The van der Waals surface area contributed by atoms with Gasteiger partial charge in [-0.05, 0) is 24.5 Å². The van der Waals surface area contributed by atoms with E-state index in [1.807, 2.05) is 39.7 Å². The summed E-state index contributed by atoms with van der Waals surface area (Å²) in [5.41, 5.74) is 0.462. The first-order valence-electron chi connectivity index (χ1n) is 8.96. The van der Waals surface area contributed by atoms with Crippen LogP contribution in [0.25, 0.3) is 0 Å². The molecule has 136 valence electrons. The Balaban J connectivity index is 1.28. The molecule has 3 fully saturated rings. The van der Waals surface area contributed by atoms with E-state index in [9.17, 15) is 9.59 Å². The third-order valence-corrected chi connectivity index (χ3v) is 5.52. The summed E-state index contributed by atoms with van der Waals surface area (Å²) in [6.07, 6.45) is 3.27.